The van der Waals surface area contributed by atoms with Crippen molar-refractivity contribution in [3.05, 3.63) is 212 Å². The first-order valence-corrected chi connectivity index (χ1v) is 19.4. The highest BCUT2D eigenvalue weighted by atomic mass is 15.0. The van der Waals surface area contributed by atoms with Crippen molar-refractivity contribution in [2.45, 2.75) is 0 Å². The van der Waals surface area contributed by atoms with Gasteiger partial charge in [-0.05, 0) is 86.3 Å². The molecular weight excluding hydrogens is 691 g/mol. The molecule has 2 aromatic heterocycles. The van der Waals surface area contributed by atoms with Crippen LogP contribution < -0.4 is 0 Å². The highest BCUT2D eigenvalue weighted by Gasteiger charge is 2.17. The molecule has 3 nitrogen and oxygen atoms in total. The van der Waals surface area contributed by atoms with E-state index in [1.165, 1.54) is 54.5 Å². The zero-order chi connectivity index (χ0) is 37.7. The van der Waals surface area contributed by atoms with E-state index in [9.17, 15) is 0 Å². The zero-order valence-electron chi connectivity index (χ0n) is 31.0. The van der Waals surface area contributed by atoms with Crippen LogP contribution in [0, 0.1) is 0 Å². The second kappa shape index (κ2) is 13.6. The lowest BCUT2D eigenvalue weighted by Crippen LogP contribution is -1.97. The molecule has 0 fully saturated rings. The Morgan fingerprint density at radius 3 is 1.46 bits per heavy atom. The Kier molecular flexibility index (Phi) is 7.82. The van der Waals surface area contributed by atoms with Gasteiger partial charge in [0.15, 0.2) is 5.82 Å². The maximum absolute atomic E-state index is 5.10. The molecule has 0 aliphatic rings. The van der Waals surface area contributed by atoms with Gasteiger partial charge in [0.25, 0.3) is 0 Å². The summed E-state index contributed by atoms with van der Waals surface area (Å²) in [6.45, 7) is 0. The van der Waals surface area contributed by atoms with Gasteiger partial charge in [-0.25, -0.2) is 9.97 Å². The molecule has 0 saturated heterocycles. The molecule has 0 N–H and O–H groups in total. The van der Waals surface area contributed by atoms with E-state index in [2.05, 4.69) is 193 Å². The van der Waals surface area contributed by atoms with Crippen molar-refractivity contribution in [2.24, 2.45) is 0 Å². The quantitative estimate of drug-likeness (QED) is 0.160. The number of nitrogens with zero attached hydrogens (tertiary/aromatic N) is 3. The van der Waals surface area contributed by atoms with Gasteiger partial charge in [0, 0.05) is 33.2 Å². The van der Waals surface area contributed by atoms with Crippen LogP contribution in [-0.4, -0.2) is 14.5 Å². The van der Waals surface area contributed by atoms with Crippen LogP contribution in [0.4, 0.5) is 0 Å². The Bertz CT molecular complexity index is 3160. The fourth-order valence-corrected chi connectivity index (χ4v) is 8.46. The molecule has 0 unspecified atom stereocenters. The topological polar surface area (TPSA) is 30.7 Å². The first-order valence-electron chi connectivity index (χ1n) is 19.4. The van der Waals surface area contributed by atoms with Gasteiger partial charge in [-0.15, -0.1) is 0 Å². The first kappa shape index (κ1) is 32.8. The number of fused-ring (bicyclic) bond motifs is 6. The minimum Gasteiger partial charge on any atom is -0.309 e. The molecule has 0 aliphatic carbocycles. The van der Waals surface area contributed by atoms with Crippen LogP contribution in [0.2, 0.25) is 0 Å². The molecule has 0 aliphatic heterocycles. The van der Waals surface area contributed by atoms with Gasteiger partial charge in [-0.1, -0.05) is 170 Å². The molecule has 0 saturated carbocycles. The van der Waals surface area contributed by atoms with Gasteiger partial charge in [-0.2, -0.15) is 0 Å². The number of para-hydroxylation sites is 2. The molecule has 0 atom stereocenters. The summed E-state index contributed by atoms with van der Waals surface area (Å²) in [7, 11) is 0. The molecule has 0 bridgehead atoms. The minimum atomic E-state index is 0.710. The first-order chi connectivity index (χ1) is 28.2. The largest absolute Gasteiger partial charge is 0.309 e. The third-order valence-corrected chi connectivity index (χ3v) is 11.2. The van der Waals surface area contributed by atoms with E-state index in [4.69, 9.17) is 9.97 Å². The maximum atomic E-state index is 5.10. The predicted molar refractivity (Wildman–Crippen MR) is 239 cm³/mol. The van der Waals surface area contributed by atoms with E-state index >= 15 is 0 Å². The predicted octanol–water partition coefficient (Wildman–Crippen LogP) is 14.2. The summed E-state index contributed by atoms with van der Waals surface area (Å²) in [6, 6.07) is 75.9. The van der Waals surface area contributed by atoms with Crippen molar-refractivity contribution in [1.29, 1.82) is 0 Å². The lowest BCUT2D eigenvalue weighted by Gasteiger charge is -2.16. The molecule has 0 radical (unpaired) electrons. The summed E-state index contributed by atoms with van der Waals surface area (Å²) < 4.78 is 2.42. The van der Waals surface area contributed by atoms with Gasteiger partial charge in [0.2, 0.25) is 0 Å². The number of benzene rings is 9. The van der Waals surface area contributed by atoms with E-state index in [1.54, 1.807) is 0 Å². The monoisotopic (exact) mass is 725 g/mol. The summed E-state index contributed by atoms with van der Waals surface area (Å²) in [4.78, 5) is 10.1. The average Bonchev–Trinajstić information content (AvgIpc) is 3.63. The van der Waals surface area contributed by atoms with Crippen LogP contribution in [-0.2, 0) is 0 Å². The number of hydrogen-bond acceptors (Lipinski definition) is 2. The highest BCUT2D eigenvalue weighted by Crippen LogP contribution is 2.40. The van der Waals surface area contributed by atoms with Gasteiger partial charge in [0.1, 0.15) is 0 Å². The lowest BCUT2D eigenvalue weighted by atomic mass is 9.91. The third-order valence-electron chi connectivity index (χ3n) is 11.2. The summed E-state index contributed by atoms with van der Waals surface area (Å²) in [5, 5.41) is 7.48. The molecule has 0 amide bonds. The van der Waals surface area contributed by atoms with Crippen molar-refractivity contribution < 1.29 is 0 Å². The molecule has 9 aromatic carbocycles. The van der Waals surface area contributed by atoms with Gasteiger partial charge >= 0.3 is 0 Å². The van der Waals surface area contributed by atoms with E-state index in [-0.39, 0.29) is 0 Å². The molecule has 57 heavy (non-hydrogen) atoms. The van der Waals surface area contributed by atoms with Crippen LogP contribution >= 0.6 is 0 Å². The summed E-state index contributed by atoms with van der Waals surface area (Å²) in [6.07, 6.45) is 0. The van der Waals surface area contributed by atoms with Crippen molar-refractivity contribution in [2.75, 3.05) is 0 Å². The number of aromatic nitrogens is 3. The third kappa shape index (κ3) is 5.76. The zero-order valence-corrected chi connectivity index (χ0v) is 31.0. The normalized spacial score (nSPS) is 11.5. The molecule has 3 heteroatoms. The molecule has 11 rings (SSSR count). The molecule has 2 heterocycles. The summed E-state index contributed by atoms with van der Waals surface area (Å²) >= 11 is 0. The molecule has 0 spiro atoms. The Balaban J connectivity index is 1.11. The van der Waals surface area contributed by atoms with Crippen molar-refractivity contribution in [1.82, 2.24) is 14.5 Å². The SMILES string of the molecule is c1ccc(-c2cc(-c3ccc(-c4cc(-c5cc6ccccc6c6ccccc56)cc(-n5c6ccccc6c6ccccc65)c4)cc3)nc(-c3ccccc3)n2)cc1. The van der Waals surface area contributed by atoms with Crippen LogP contribution in [0.3, 0.4) is 0 Å². The Hall–Kier alpha value is -7.62. The van der Waals surface area contributed by atoms with Crippen molar-refractivity contribution in [3.8, 4) is 61.8 Å². The maximum Gasteiger partial charge on any atom is 0.160 e. The second-order valence-electron chi connectivity index (χ2n) is 14.6. The van der Waals surface area contributed by atoms with Crippen LogP contribution in [0.5, 0.6) is 0 Å². The van der Waals surface area contributed by atoms with E-state index in [1.807, 2.05) is 24.3 Å². The van der Waals surface area contributed by atoms with Gasteiger partial charge < -0.3 is 4.57 Å². The molecular formula is C54H35N3. The van der Waals surface area contributed by atoms with E-state index in [0.717, 1.165) is 44.9 Å². The van der Waals surface area contributed by atoms with Gasteiger partial charge in [0.05, 0.1) is 22.4 Å². The molecule has 11 aromatic rings. The van der Waals surface area contributed by atoms with Crippen LogP contribution in [0.1, 0.15) is 0 Å². The smallest absolute Gasteiger partial charge is 0.160 e. The fourth-order valence-electron chi connectivity index (χ4n) is 8.46. The van der Waals surface area contributed by atoms with Crippen molar-refractivity contribution in [3.63, 3.8) is 0 Å². The fraction of sp³-hybridized carbons (Fsp3) is 0. The Morgan fingerprint density at radius 1 is 0.298 bits per heavy atom. The number of rotatable bonds is 6. The van der Waals surface area contributed by atoms with E-state index in [0.29, 0.717) is 5.82 Å². The highest BCUT2D eigenvalue weighted by molar-refractivity contribution is 6.14. The summed E-state index contributed by atoms with van der Waals surface area (Å²) in [5.74, 6) is 0.710. The summed E-state index contributed by atoms with van der Waals surface area (Å²) in [5.41, 5.74) is 13.0. The number of hydrogen-bond donors (Lipinski definition) is 0. The van der Waals surface area contributed by atoms with E-state index < -0.39 is 0 Å². The Labute approximate surface area is 330 Å². The Morgan fingerprint density at radius 2 is 0.789 bits per heavy atom. The van der Waals surface area contributed by atoms with Gasteiger partial charge in [-0.3, -0.25) is 0 Å². The second-order valence-corrected chi connectivity index (χ2v) is 14.6. The lowest BCUT2D eigenvalue weighted by molar-refractivity contribution is 1.18. The minimum absolute atomic E-state index is 0.710. The average molecular weight is 726 g/mol. The standard InChI is InChI=1S/C54H35N3/c1-3-15-37(16-4-1)50-35-51(56-54(55-50)39-17-5-2-6-18-39)38-29-27-36(28-30-38)41-31-42(49-34-40-19-7-8-20-44(40)45-21-9-10-22-46(45)49)33-43(32-41)57-52-25-13-11-23-47(52)48-24-12-14-26-53(48)57/h1-35H. The molecule has 266 valence electrons. The van der Waals surface area contributed by atoms with Crippen LogP contribution in [0.25, 0.3) is 105 Å². The van der Waals surface area contributed by atoms with Crippen LogP contribution in [0.15, 0.2) is 212 Å². The van der Waals surface area contributed by atoms with Crippen molar-refractivity contribution >= 4 is 43.4 Å².